The molecule has 0 spiro atoms. The van der Waals surface area contributed by atoms with Gasteiger partial charge in [0.25, 0.3) is 0 Å². The highest BCUT2D eigenvalue weighted by molar-refractivity contribution is 5.80. The molecule has 3 aromatic carbocycles. The summed E-state index contributed by atoms with van der Waals surface area (Å²) in [7, 11) is 3.26. The van der Waals surface area contributed by atoms with E-state index in [0.29, 0.717) is 11.7 Å². The molecule has 0 N–H and O–H groups in total. The third kappa shape index (κ3) is 6.98. The van der Waals surface area contributed by atoms with Gasteiger partial charge in [-0.15, -0.1) is 0 Å². The molecule has 0 amide bonds. The molecule has 0 radical (unpaired) electrons. The van der Waals surface area contributed by atoms with Crippen LogP contribution in [0.4, 0.5) is 0 Å². The summed E-state index contributed by atoms with van der Waals surface area (Å²) in [5.74, 6) is 2.01. The quantitative estimate of drug-likeness (QED) is 0.207. The molecule has 0 unspecified atom stereocenters. The van der Waals surface area contributed by atoms with E-state index in [1.54, 1.807) is 14.2 Å². The lowest BCUT2D eigenvalue weighted by atomic mass is 9.97. The molecule has 0 aliphatic heterocycles. The van der Waals surface area contributed by atoms with Crippen LogP contribution in [0.1, 0.15) is 48.9 Å². The Bertz CT molecular complexity index is 1060. The molecule has 0 aliphatic carbocycles. The summed E-state index contributed by atoms with van der Waals surface area (Å²) >= 11 is 0. The molecule has 33 heavy (non-hydrogen) atoms. The molecule has 0 heterocycles. The van der Waals surface area contributed by atoms with E-state index in [-0.39, 0.29) is 11.9 Å². The number of methoxy groups -OCH3 is 2. The monoisotopic (exact) mass is 444 g/mol. The topological polar surface area (TPSA) is 44.8 Å². The normalized spacial score (nSPS) is 12.1. The van der Waals surface area contributed by atoms with E-state index in [1.807, 2.05) is 73.7 Å². The van der Waals surface area contributed by atoms with Crippen LogP contribution in [-0.2, 0) is 11.2 Å². The second-order valence-corrected chi connectivity index (χ2v) is 8.53. The minimum Gasteiger partial charge on any atom is -0.497 e. The zero-order valence-corrected chi connectivity index (χ0v) is 20.0. The zero-order chi connectivity index (χ0) is 23.8. The van der Waals surface area contributed by atoms with Crippen LogP contribution in [0.15, 0.2) is 66.7 Å². The van der Waals surface area contributed by atoms with Crippen molar-refractivity contribution in [2.24, 2.45) is 5.92 Å². The maximum Gasteiger partial charge on any atom is 0.318 e. The van der Waals surface area contributed by atoms with Crippen LogP contribution in [0.3, 0.4) is 0 Å². The second kappa shape index (κ2) is 11.4. The molecule has 0 aromatic heterocycles. The van der Waals surface area contributed by atoms with Gasteiger partial charge in [-0.2, -0.15) is 0 Å². The van der Waals surface area contributed by atoms with Crippen LogP contribution in [0, 0.1) is 5.92 Å². The van der Waals surface area contributed by atoms with Crippen molar-refractivity contribution in [3.63, 3.8) is 0 Å². The van der Waals surface area contributed by atoms with Crippen molar-refractivity contribution in [3.8, 4) is 17.2 Å². The maximum absolute atomic E-state index is 12.6. The summed E-state index contributed by atoms with van der Waals surface area (Å²) in [5, 5.41) is 0. The standard InChI is InChI=1S/C29H32O4/c1-20(2)16-23-8-12-25(13-9-23)21(3)29(30)33-26-14-10-22(11-15-26)6-7-24-17-27(31-4)19-28(18-24)32-5/h6-15,17-21H,16H2,1-5H3/b7-6+/t21-/m1/s1. The van der Waals surface area contributed by atoms with Gasteiger partial charge in [-0.05, 0) is 65.8 Å². The van der Waals surface area contributed by atoms with Gasteiger partial charge in [-0.25, -0.2) is 0 Å². The van der Waals surface area contributed by atoms with Crippen LogP contribution in [0.5, 0.6) is 17.2 Å². The molecule has 172 valence electrons. The lowest BCUT2D eigenvalue weighted by Gasteiger charge is -2.13. The average Bonchev–Trinajstić information content (AvgIpc) is 2.83. The molecule has 0 aliphatic rings. The SMILES string of the molecule is COc1cc(/C=C/c2ccc(OC(=O)[C@H](C)c3ccc(CC(C)C)cc3)cc2)cc(OC)c1. The first-order chi connectivity index (χ1) is 15.9. The first kappa shape index (κ1) is 24.1. The van der Waals surface area contributed by atoms with E-state index in [9.17, 15) is 4.79 Å². The van der Waals surface area contributed by atoms with Crippen molar-refractivity contribution in [3.05, 3.63) is 89.0 Å². The molecule has 3 rings (SSSR count). The molecule has 3 aromatic rings. The van der Waals surface area contributed by atoms with Crippen molar-refractivity contribution in [2.45, 2.75) is 33.1 Å². The fourth-order valence-electron chi connectivity index (χ4n) is 3.52. The maximum atomic E-state index is 12.6. The van der Waals surface area contributed by atoms with Crippen LogP contribution >= 0.6 is 0 Å². The van der Waals surface area contributed by atoms with Gasteiger partial charge >= 0.3 is 5.97 Å². The van der Waals surface area contributed by atoms with Gasteiger partial charge in [-0.3, -0.25) is 4.79 Å². The number of hydrogen-bond donors (Lipinski definition) is 0. The van der Waals surface area contributed by atoms with Crippen LogP contribution in [0.2, 0.25) is 0 Å². The molecular formula is C29H32O4. The third-order valence-electron chi connectivity index (χ3n) is 5.42. The Morgan fingerprint density at radius 1 is 0.758 bits per heavy atom. The van der Waals surface area contributed by atoms with Gasteiger partial charge in [0.05, 0.1) is 20.1 Å². The van der Waals surface area contributed by atoms with E-state index in [4.69, 9.17) is 14.2 Å². The number of hydrogen-bond acceptors (Lipinski definition) is 4. The molecule has 0 saturated heterocycles. The van der Waals surface area contributed by atoms with Crippen LogP contribution in [0.25, 0.3) is 12.2 Å². The smallest absolute Gasteiger partial charge is 0.318 e. The number of rotatable bonds is 9. The van der Waals surface area contributed by atoms with Crippen molar-refractivity contribution < 1.29 is 19.0 Å². The zero-order valence-electron chi connectivity index (χ0n) is 20.0. The summed E-state index contributed by atoms with van der Waals surface area (Å²) in [6, 6.07) is 21.4. The highest BCUT2D eigenvalue weighted by atomic mass is 16.5. The number of esters is 1. The van der Waals surface area contributed by atoms with E-state index >= 15 is 0 Å². The Kier molecular flexibility index (Phi) is 8.31. The molecule has 4 nitrogen and oxygen atoms in total. The lowest BCUT2D eigenvalue weighted by Crippen LogP contribution is -2.16. The fourth-order valence-corrected chi connectivity index (χ4v) is 3.52. The fraction of sp³-hybridized carbons (Fsp3) is 0.276. The lowest BCUT2D eigenvalue weighted by molar-refractivity contribution is -0.135. The number of ether oxygens (including phenoxy) is 3. The predicted octanol–water partition coefficient (Wildman–Crippen LogP) is 6.78. The second-order valence-electron chi connectivity index (χ2n) is 8.53. The van der Waals surface area contributed by atoms with Crippen molar-refractivity contribution >= 4 is 18.1 Å². The number of benzene rings is 3. The summed E-state index contributed by atoms with van der Waals surface area (Å²) < 4.78 is 16.2. The highest BCUT2D eigenvalue weighted by Gasteiger charge is 2.17. The molecule has 0 fully saturated rings. The molecule has 0 saturated carbocycles. The molecule has 0 bridgehead atoms. The largest absolute Gasteiger partial charge is 0.497 e. The Labute approximate surface area is 196 Å². The number of carbonyl (C=O) groups excluding carboxylic acids is 1. The van der Waals surface area contributed by atoms with Crippen molar-refractivity contribution in [2.75, 3.05) is 14.2 Å². The summed E-state index contributed by atoms with van der Waals surface area (Å²) in [4.78, 5) is 12.6. The van der Waals surface area contributed by atoms with Crippen LogP contribution in [-0.4, -0.2) is 20.2 Å². The van der Waals surface area contributed by atoms with E-state index in [2.05, 4.69) is 26.0 Å². The average molecular weight is 445 g/mol. The Morgan fingerprint density at radius 2 is 1.33 bits per heavy atom. The van der Waals surface area contributed by atoms with Gasteiger partial charge in [0.2, 0.25) is 0 Å². The summed E-state index contributed by atoms with van der Waals surface area (Å²) in [6.45, 7) is 6.27. The predicted molar refractivity (Wildman–Crippen MR) is 134 cm³/mol. The van der Waals surface area contributed by atoms with Crippen LogP contribution < -0.4 is 14.2 Å². The molecular weight excluding hydrogens is 412 g/mol. The summed E-state index contributed by atoms with van der Waals surface area (Å²) in [6.07, 6.45) is 5.00. The van der Waals surface area contributed by atoms with Gasteiger partial charge in [0, 0.05) is 6.07 Å². The minimum absolute atomic E-state index is 0.265. The highest BCUT2D eigenvalue weighted by Crippen LogP contribution is 2.25. The van der Waals surface area contributed by atoms with Crippen molar-refractivity contribution in [1.29, 1.82) is 0 Å². The first-order valence-corrected chi connectivity index (χ1v) is 11.2. The van der Waals surface area contributed by atoms with E-state index < -0.39 is 0 Å². The van der Waals surface area contributed by atoms with Gasteiger partial charge in [0.1, 0.15) is 17.2 Å². The van der Waals surface area contributed by atoms with Gasteiger partial charge in [0.15, 0.2) is 0 Å². The third-order valence-corrected chi connectivity index (χ3v) is 5.42. The molecule has 1 atom stereocenters. The van der Waals surface area contributed by atoms with Gasteiger partial charge in [-0.1, -0.05) is 62.4 Å². The Morgan fingerprint density at radius 3 is 1.88 bits per heavy atom. The number of carbonyl (C=O) groups is 1. The first-order valence-electron chi connectivity index (χ1n) is 11.2. The van der Waals surface area contributed by atoms with E-state index in [0.717, 1.165) is 34.6 Å². The van der Waals surface area contributed by atoms with E-state index in [1.165, 1.54) is 5.56 Å². The Balaban J connectivity index is 1.62. The molecule has 4 heteroatoms. The van der Waals surface area contributed by atoms with Crippen molar-refractivity contribution in [1.82, 2.24) is 0 Å². The minimum atomic E-state index is -0.333. The van der Waals surface area contributed by atoms with Gasteiger partial charge < -0.3 is 14.2 Å². The summed E-state index contributed by atoms with van der Waals surface area (Å²) in [5.41, 5.74) is 4.20. The Hall–Kier alpha value is -3.53.